The Morgan fingerprint density at radius 1 is 1.07 bits per heavy atom. The Labute approximate surface area is 161 Å². The third-order valence-electron chi connectivity index (χ3n) is 3.99. The first kappa shape index (κ1) is 21.2. The number of hydrogen-bond acceptors (Lipinski definition) is 4. The Balaban J connectivity index is 2.16. The minimum Gasteiger partial charge on any atom is -0.344 e. The van der Waals surface area contributed by atoms with Crippen molar-refractivity contribution in [2.75, 3.05) is 11.4 Å². The van der Waals surface area contributed by atoms with E-state index >= 15 is 0 Å². The van der Waals surface area contributed by atoms with Gasteiger partial charge in [-0.25, -0.2) is 13.7 Å². The van der Waals surface area contributed by atoms with E-state index in [1.165, 1.54) is 0 Å². The molecule has 0 saturated heterocycles. The zero-order valence-corrected chi connectivity index (χ0v) is 15.3. The minimum atomic E-state index is -0.999. The second-order valence-corrected chi connectivity index (χ2v) is 6.09. The van der Waals surface area contributed by atoms with Gasteiger partial charge in [0, 0.05) is 6.07 Å². The quantitative estimate of drug-likeness (QED) is 0.757. The number of anilines is 1. The fraction of sp³-hybridized carbons (Fsp3) is 0.250. The topological polar surface area (TPSA) is 92.5 Å². The predicted octanol–water partition coefficient (Wildman–Crippen LogP) is 1.92. The van der Waals surface area contributed by atoms with Crippen LogP contribution < -0.4 is 16.0 Å². The average molecular weight is 389 g/mol. The molecule has 2 aromatic carbocycles. The fourth-order valence-corrected chi connectivity index (χ4v) is 2.70. The van der Waals surface area contributed by atoms with E-state index in [0.717, 1.165) is 17.0 Å². The summed E-state index contributed by atoms with van der Waals surface area (Å²) >= 11 is 0. The number of amides is 3. The zero-order valence-electron chi connectivity index (χ0n) is 15.3. The molecule has 0 spiro atoms. The molecule has 2 aromatic rings. The summed E-state index contributed by atoms with van der Waals surface area (Å²) in [6, 6.07) is 10.0. The molecule has 3 amide bonds. The van der Waals surface area contributed by atoms with E-state index in [1.807, 2.05) is 0 Å². The van der Waals surface area contributed by atoms with Crippen molar-refractivity contribution in [3.8, 4) is 0 Å². The van der Waals surface area contributed by atoms with Gasteiger partial charge in [-0.3, -0.25) is 14.4 Å². The van der Waals surface area contributed by atoms with Crippen molar-refractivity contribution in [1.29, 1.82) is 0 Å². The normalized spacial score (nSPS) is 11.6. The molecule has 2 rings (SSSR count). The van der Waals surface area contributed by atoms with Crippen LogP contribution >= 0.6 is 0 Å². The molecule has 0 saturated carbocycles. The summed E-state index contributed by atoms with van der Waals surface area (Å²) in [6.07, 6.45) is -0.0993. The second kappa shape index (κ2) is 9.70. The standard InChI is InChI=1S/C20H21F2N3O3/c1-2-17(24-18(26)10-13-8-14(21)11-15(22)9-13)20(28)25(19(27)12-23)16-6-4-3-5-7-16/h3-9,11,17H,2,10,12,23H2,1H3,(H,24,26). The maximum absolute atomic E-state index is 13.3. The predicted molar refractivity (Wildman–Crippen MR) is 100 cm³/mol. The number of hydrogen-bond donors (Lipinski definition) is 2. The molecular formula is C20H21F2N3O3. The summed E-state index contributed by atoms with van der Waals surface area (Å²) in [5, 5.41) is 2.51. The van der Waals surface area contributed by atoms with Gasteiger partial charge < -0.3 is 11.1 Å². The summed E-state index contributed by atoms with van der Waals surface area (Å²) in [5.74, 6) is -3.44. The highest BCUT2D eigenvalue weighted by atomic mass is 19.1. The van der Waals surface area contributed by atoms with E-state index < -0.39 is 35.4 Å². The molecule has 0 aliphatic carbocycles. The van der Waals surface area contributed by atoms with Crippen LogP contribution in [0.25, 0.3) is 0 Å². The number of benzene rings is 2. The molecule has 0 heterocycles. The van der Waals surface area contributed by atoms with Crippen LogP contribution in [0.2, 0.25) is 0 Å². The monoisotopic (exact) mass is 389 g/mol. The third kappa shape index (κ3) is 5.43. The summed E-state index contributed by atoms with van der Waals surface area (Å²) in [5.41, 5.74) is 5.89. The highest BCUT2D eigenvalue weighted by molar-refractivity contribution is 6.17. The average Bonchev–Trinajstić information content (AvgIpc) is 2.66. The van der Waals surface area contributed by atoms with E-state index in [9.17, 15) is 23.2 Å². The van der Waals surface area contributed by atoms with E-state index in [0.29, 0.717) is 11.8 Å². The number of rotatable bonds is 7. The summed E-state index contributed by atoms with van der Waals surface area (Å²) < 4.78 is 26.5. The number of carbonyl (C=O) groups excluding carboxylic acids is 3. The molecule has 3 N–H and O–H groups in total. The first-order valence-corrected chi connectivity index (χ1v) is 8.72. The van der Waals surface area contributed by atoms with Gasteiger partial charge in [0.15, 0.2) is 0 Å². The lowest BCUT2D eigenvalue weighted by Gasteiger charge is -2.25. The zero-order chi connectivity index (χ0) is 20.7. The molecule has 0 aliphatic heterocycles. The minimum absolute atomic E-state index is 0.134. The Kier molecular flexibility index (Phi) is 7.34. The lowest BCUT2D eigenvalue weighted by Crippen LogP contribution is -2.52. The van der Waals surface area contributed by atoms with Crippen LogP contribution in [-0.4, -0.2) is 30.3 Å². The molecule has 0 aromatic heterocycles. The van der Waals surface area contributed by atoms with Gasteiger partial charge in [0.05, 0.1) is 18.7 Å². The SMILES string of the molecule is CCC(NC(=O)Cc1cc(F)cc(F)c1)C(=O)N(C(=O)CN)c1ccccc1. The number of nitrogens with one attached hydrogen (secondary N) is 1. The van der Waals surface area contributed by atoms with Gasteiger partial charge in [-0.2, -0.15) is 0 Å². The van der Waals surface area contributed by atoms with Crippen molar-refractivity contribution in [3.63, 3.8) is 0 Å². The first-order chi connectivity index (χ1) is 13.3. The molecule has 0 bridgehead atoms. The van der Waals surface area contributed by atoms with Gasteiger partial charge in [-0.15, -0.1) is 0 Å². The van der Waals surface area contributed by atoms with Gasteiger partial charge in [0.25, 0.3) is 5.91 Å². The Bertz CT molecular complexity index is 839. The summed E-state index contributed by atoms with van der Waals surface area (Å²) in [7, 11) is 0. The van der Waals surface area contributed by atoms with Crippen LogP contribution in [0.5, 0.6) is 0 Å². The Morgan fingerprint density at radius 2 is 1.68 bits per heavy atom. The molecule has 148 valence electrons. The van der Waals surface area contributed by atoms with Crippen molar-refractivity contribution in [2.45, 2.75) is 25.8 Å². The van der Waals surface area contributed by atoms with Crippen LogP contribution in [0.15, 0.2) is 48.5 Å². The van der Waals surface area contributed by atoms with Crippen molar-refractivity contribution in [3.05, 3.63) is 65.7 Å². The number of para-hydroxylation sites is 1. The fourth-order valence-electron chi connectivity index (χ4n) is 2.70. The molecule has 0 fully saturated rings. The van der Waals surface area contributed by atoms with E-state index in [1.54, 1.807) is 37.3 Å². The molecule has 0 radical (unpaired) electrons. The first-order valence-electron chi connectivity index (χ1n) is 8.72. The summed E-state index contributed by atoms with van der Waals surface area (Å²) in [6.45, 7) is 1.29. The molecule has 6 nitrogen and oxygen atoms in total. The van der Waals surface area contributed by atoms with Crippen molar-refractivity contribution in [1.82, 2.24) is 5.32 Å². The smallest absolute Gasteiger partial charge is 0.256 e. The van der Waals surface area contributed by atoms with Gasteiger partial charge in [0.1, 0.15) is 17.7 Å². The lowest BCUT2D eigenvalue weighted by molar-refractivity contribution is -0.130. The molecule has 0 aliphatic rings. The second-order valence-electron chi connectivity index (χ2n) is 6.09. The van der Waals surface area contributed by atoms with Crippen LogP contribution in [-0.2, 0) is 20.8 Å². The van der Waals surface area contributed by atoms with E-state index in [4.69, 9.17) is 5.73 Å². The molecular weight excluding hydrogens is 368 g/mol. The number of nitrogens with two attached hydrogens (primary N) is 1. The van der Waals surface area contributed by atoms with Gasteiger partial charge in [0.2, 0.25) is 11.8 Å². The van der Waals surface area contributed by atoms with Crippen LogP contribution in [0.3, 0.4) is 0 Å². The highest BCUT2D eigenvalue weighted by Gasteiger charge is 2.29. The molecule has 8 heteroatoms. The van der Waals surface area contributed by atoms with Crippen molar-refractivity contribution >= 4 is 23.4 Å². The van der Waals surface area contributed by atoms with Crippen molar-refractivity contribution in [2.24, 2.45) is 5.73 Å². The van der Waals surface area contributed by atoms with E-state index in [2.05, 4.69) is 5.32 Å². The number of halogens is 2. The van der Waals surface area contributed by atoms with Crippen molar-refractivity contribution < 1.29 is 23.2 Å². The molecule has 1 unspecified atom stereocenters. The maximum atomic E-state index is 13.3. The maximum Gasteiger partial charge on any atom is 0.256 e. The number of imide groups is 1. The highest BCUT2D eigenvalue weighted by Crippen LogP contribution is 2.16. The van der Waals surface area contributed by atoms with Gasteiger partial charge in [-0.05, 0) is 36.2 Å². The Morgan fingerprint density at radius 3 is 2.21 bits per heavy atom. The largest absolute Gasteiger partial charge is 0.344 e. The van der Waals surface area contributed by atoms with Gasteiger partial charge in [-0.1, -0.05) is 25.1 Å². The summed E-state index contributed by atoms with van der Waals surface area (Å²) in [4.78, 5) is 38.3. The van der Waals surface area contributed by atoms with Crippen LogP contribution in [0.4, 0.5) is 14.5 Å². The van der Waals surface area contributed by atoms with E-state index in [-0.39, 0.29) is 24.9 Å². The van der Waals surface area contributed by atoms with Gasteiger partial charge >= 0.3 is 0 Å². The third-order valence-corrected chi connectivity index (χ3v) is 3.99. The lowest BCUT2D eigenvalue weighted by atomic mass is 10.1. The number of carbonyl (C=O) groups is 3. The van der Waals surface area contributed by atoms with Crippen LogP contribution in [0.1, 0.15) is 18.9 Å². The molecule has 28 heavy (non-hydrogen) atoms. The van der Waals surface area contributed by atoms with Crippen LogP contribution in [0, 0.1) is 11.6 Å². The molecule has 1 atom stereocenters. The Hall–Kier alpha value is -3.13. The number of nitrogens with zero attached hydrogens (tertiary/aromatic N) is 1.